The molecule has 5 nitrogen and oxygen atoms in total. The van der Waals surface area contributed by atoms with Gasteiger partial charge in [-0.15, -0.1) is 0 Å². The van der Waals surface area contributed by atoms with Crippen molar-refractivity contribution in [2.45, 2.75) is 13.0 Å². The maximum absolute atomic E-state index is 11.1. The summed E-state index contributed by atoms with van der Waals surface area (Å²) in [7, 11) is 0. The molecule has 1 aliphatic heterocycles. The lowest BCUT2D eigenvalue weighted by atomic mass is 10.3. The Morgan fingerprint density at radius 2 is 2.54 bits per heavy atom. The third-order valence-electron chi connectivity index (χ3n) is 1.92. The van der Waals surface area contributed by atoms with Crippen LogP contribution in [0.5, 0.6) is 0 Å². The highest BCUT2D eigenvalue weighted by Gasteiger charge is 2.29. The smallest absolute Gasteiger partial charge is 0.410 e. The average Bonchev–Trinajstić information content (AvgIpc) is 2.48. The van der Waals surface area contributed by atoms with Gasteiger partial charge < -0.3 is 20.1 Å². The largest absolute Gasteiger partial charge is 0.443 e. The Morgan fingerprint density at radius 3 is 3.08 bits per heavy atom. The monoisotopic (exact) mass is 188 g/mol. The number of hydrogen-bond acceptors (Lipinski definition) is 4. The van der Waals surface area contributed by atoms with Crippen LogP contribution in [0.15, 0.2) is 0 Å². The van der Waals surface area contributed by atoms with Crippen molar-refractivity contribution in [1.29, 1.82) is 0 Å². The summed E-state index contributed by atoms with van der Waals surface area (Å²) in [5.74, 6) is 0. The molecule has 0 aliphatic carbocycles. The fourth-order valence-electron chi connectivity index (χ4n) is 1.20. The summed E-state index contributed by atoms with van der Waals surface area (Å²) in [6, 6.07) is 0. The summed E-state index contributed by atoms with van der Waals surface area (Å²) in [4.78, 5) is 12.7. The van der Waals surface area contributed by atoms with Gasteiger partial charge in [0.05, 0.1) is 13.2 Å². The highest BCUT2D eigenvalue weighted by Crippen LogP contribution is 2.09. The third-order valence-corrected chi connectivity index (χ3v) is 1.92. The molecular formula is C8H16N2O3. The van der Waals surface area contributed by atoms with Gasteiger partial charge in [-0.05, 0) is 6.92 Å². The Kier molecular flexibility index (Phi) is 3.98. The molecule has 1 aliphatic rings. The van der Waals surface area contributed by atoms with Gasteiger partial charge in [-0.2, -0.15) is 0 Å². The molecule has 1 amide bonds. The standard InChI is InChI=1S/C8H16N2O3/c1-2-12-4-3-10-6-7(5-9)13-8(10)11/h7H,2-6,9H2,1H3. The SMILES string of the molecule is CCOCCN1CC(CN)OC1=O. The Hall–Kier alpha value is -0.810. The number of cyclic esters (lactones) is 1. The van der Waals surface area contributed by atoms with Crippen molar-refractivity contribution in [3.05, 3.63) is 0 Å². The first-order chi connectivity index (χ1) is 6.27. The number of ether oxygens (including phenoxy) is 2. The van der Waals surface area contributed by atoms with E-state index in [0.29, 0.717) is 32.8 Å². The lowest BCUT2D eigenvalue weighted by Gasteiger charge is -2.11. The zero-order chi connectivity index (χ0) is 9.68. The van der Waals surface area contributed by atoms with Crippen LogP contribution in [0.3, 0.4) is 0 Å². The van der Waals surface area contributed by atoms with E-state index >= 15 is 0 Å². The molecule has 0 bridgehead atoms. The van der Waals surface area contributed by atoms with Gasteiger partial charge in [0.2, 0.25) is 0 Å². The van der Waals surface area contributed by atoms with E-state index < -0.39 is 0 Å². The van der Waals surface area contributed by atoms with Crippen molar-refractivity contribution >= 4 is 6.09 Å². The summed E-state index contributed by atoms with van der Waals surface area (Å²) in [6.07, 6.45) is -0.427. The highest BCUT2D eigenvalue weighted by molar-refractivity contribution is 5.69. The van der Waals surface area contributed by atoms with Gasteiger partial charge >= 0.3 is 6.09 Å². The maximum atomic E-state index is 11.1. The molecule has 1 atom stereocenters. The van der Waals surface area contributed by atoms with Crippen LogP contribution in [0.2, 0.25) is 0 Å². The molecular weight excluding hydrogens is 172 g/mol. The van der Waals surface area contributed by atoms with E-state index in [0.717, 1.165) is 0 Å². The van der Waals surface area contributed by atoms with E-state index in [1.54, 1.807) is 4.90 Å². The first-order valence-corrected chi connectivity index (χ1v) is 4.51. The minimum atomic E-state index is -0.282. The highest BCUT2D eigenvalue weighted by atomic mass is 16.6. The Bertz CT molecular complexity index is 175. The van der Waals surface area contributed by atoms with Gasteiger partial charge in [0.25, 0.3) is 0 Å². The number of hydrogen-bond donors (Lipinski definition) is 1. The van der Waals surface area contributed by atoms with Gasteiger partial charge in [-0.1, -0.05) is 0 Å². The molecule has 5 heteroatoms. The first-order valence-electron chi connectivity index (χ1n) is 4.51. The second-order valence-electron chi connectivity index (χ2n) is 2.88. The molecule has 1 unspecified atom stereocenters. The quantitative estimate of drug-likeness (QED) is 0.607. The number of nitrogens with zero attached hydrogens (tertiary/aromatic N) is 1. The van der Waals surface area contributed by atoms with E-state index in [9.17, 15) is 4.79 Å². The summed E-state index contributed by atoms with van der Waals surface area (Å²) >= 11 is 0. The Labute approximate surface area is 77.8 Å². The molecule has 0 aromatic heterocycles. The van der Waals surface area contributed by atoms with Gasteiger partial charge in [0.15, 0.2) is 0 Å². The van der Waals surface area contributed by atoms with Crippen molar-refractivity contribution in [2.24, 2.45) is 5.73 Å². The van der Waals surface area contributed by atoms with Crippen LogP contribution >= 0.6 is 0 Å². The molecule has 1 saturated heterocycles. The lowest BCUT2D eigenvalue weighted by molar-refractivity contribution is 0.114. The molecule has 0 saturated carbocycles. The predicted molar refractivity (Wildman–Crippen MR) is 47.4 cm³/mol. The number of carbonyl (C=O) groups excluding carboxylic acids is 1. The third kappa shape index (κ3) is 2.86. The van der Waals surface area contributed by atoms with Crippen molar-refractivity contribution in [3.63, 3.8) is 0 Å². The van der Waals surface area contributed by atoms with Crippen LogP contribution < -0.4 is 5.73 Å². The van der Waals surface area contributed by atoms with Crippen LogP contribution in [0, 0.1) is 0 Å². The van der Waals surface area contributed by atoms with Crippen LogP contribution in [0.25, 0.3) is 0 Å². The van der Waals surface area contributed by atoms with Crippen molar-refractivity contribution in [3.8, 4) is 0 Å². The van der Waals surface area contributed by atoms with E-state index in [1.807, 2.05) is 6.92 Å². The maximum Gasteiger partial charge on any atom is 0.410 e. The Balaban J connectivity index is 2.23. The lowest BCUT2D eigenvalue weighted by Crippen LogP contribution is -2.30. The molecule has 1 rings (SSSR count). The topological polar surface area (TPSA) is 64.8 Å². The fraction of sp³-hybridized carbons (Fsp3) is 0.875. The Morgan fingerprint density at radius 1 is 1.77 bits per heavy atom. The second kappa shape index (κ2) is 5.04. The van der Waals surface area contributed by atoms with E-state index in [2.05, 4.69) is 0 Å². The van der Waals surface area contributed by atoms with Crippen molar-refractivity contribution in [1.82, 2.24) is 4.90 Å². The minimum absolute atomic E-state index is 0.144. The zero-order valence-corrected chi connectivity index (χ0v) is 7.86. The number of rotatable bonds is 5. The first kappa shape index (κ1) is 10.3. The van der Waals surface area contributed by atoms with Crippen molar-refractivity contribution < 1.29 is 14.3 Å². The van der Waals surface area contributed by atoms with Gasteiger partial charge in [0, 0.05) is 19.7 Å². The summed E-state index contributed by atoms with van der Waals surface area (Å²) < 4.78 is 10.1. The molecule has 0 aromatic carbocycles. The summed E-state index contributed by atoms with van der Waals surface area (Å²) in [5, 5.41) is 0. The second-order valence-corrected chi connectivity index (χ2v) is 2.88. The van der Waals surface area contributed by atoms with Crippen molar-refractivity contribution in [2.75, 3.05) is 32.8 Å². The fourth-order valence-corrected chi connectivity index (χ4v) is 1.20. The molecule has 0 radical (unpaired) electrons. The number of nitrogens with two attached hydrogens (primary N) is 1. The van der Waals surface area contributed by atoms with Gasteiger partial charge in [-0.3, -0.25) is 0 Å². The van der Waals surface area contributed by atoms with Crippen LogP contribution in [0.4, 0.5) is 4.79 Å². The molecule has 76 valence electrons. The minimum Gasteiger partial charge on any atom is -0.443 e. The summed E-state index contributed by atoms with van der Waals surface area (Å²) in [5.41, 5.74) is 5.38. The predicted octanol–water partition coefficient (Wildman–Crippen LogP) is -0.198. The average molecular weight is 188 g/mol. The molecule has 2 N–H and O–H groups in total. The summed E-state index contributed by atoms with van der Waals surface area (Å²) in [6.45, 7) is 4.71. The molecule has 13 heavy (non-hydrogen) atoms. The molecule has 0 aromatic rings. The molecule has 1 heterocycles. The zero-order valence-electron chi connectivity index (χ0n) is 7.86. The number of carbonyl (C=O) groups is 1. The normalized spacial score (nSPS) is 22.2. The van der Waals surface area contributed by atoms with Crippen LogP contribution in [-0.4, -0.2) is 49.9 Å². The van der Waals surface area contributed by atoms with Gasteiger partial charge in [-0.25, -0.2) is 4.79 Å². The van der Waals surface area contributed by atoms with Crippen LogP contribution in [-0.2, 0) is 9.47 Å². The number of amides is 1. The molecule has 0 spiro atoms. The van der Waals surface area contributed by atoms with Crippen LogP contribution in [0.1, 0.15) is 6.92 Å². The van der Waals surface area contributed by atoms with Gasteiger partial charge in [0.1, 0.15) is 6.10 Å². The van der Waals surface area contributed by atoms with E-state index in [-0.39, 0.29) is 12.2 Å². The molecule has 1 fully saturated rings. The van der Waals surface area contributed by atoms with E-state index in [4.69, 9.17) is 15.2 Å². The van der Waals surface area contributed by atoms with E-state index in [1.165, 1.54) is 0 Å².